The van der Waals surface area contributed by atoms with Gasteiger partial charge in [0.2, 0.25) is 0 Å². The Kier molecular flexibility index (Phi) is 5.03. The van der Waals surface area contributed by atoms with E-state index < -0.39 is 0 Å². The molecule has 1 aliphatic rings. The van der Waals surface area contributed by atoms with Crippen LogP contribution in [0.2, 0.25) is 0 Å². The zero-order valence-electron chi connectivity index (χ0n) is 10.3. The molecule has 0 spiro atoms. The summed E-state index contributed by atoms with van der Waals surface area (Å²) in [6.07, 6.45) is 3.09. The molecule has 0 bridgehead atoms. The molecule has 1 saturated heterocycles. The molecular formula is C12H25NO2. The van der Waals surface area contributed by atoms with Crippen LogP contribution in [0, 0.1) is 5.92 Å². The highest BCUT2D eigenvalue weighted by molar-refractivity contribution is 4.84. The summed E-state index contributed by atoms with van der Waals surface area (Å²) >= 11 is 0. The Morgan fingerprint density at radius 3 is 2.40 bits per heavy atom. The van der Waals surface area contributed by atoms with Gasteiger partial charge in [-0.05, 0) is 46.0 Å². The third-order valence-electron chi connectivity index (χ3n) is 2.89. The van der Waals surface area contributed by atoms with Crippen molar-refractivity contribution in [2.75, 3.05) is 19.8 Å². The molecule has 3 heteroatoms. The van der Waals surface area contributed by atoms with Gasteiger partial charge in [-0.1, -0.05) is 0 Å². The molecule has 2 N–H and O–H groups in total. The molecule has 1 fully saturated rings. The van der Waals surface area contributed by atoms with Crippen LogP contribution in [0.15, 0.2) is 0 Å². The molecule has 1 atom stereocenters. The van der Waals surface area contributed by atoms with Gasteiger partial charge < -0.3 is 15.2 Å². The molecule has 0 radical (unpaired) electrons. The van der Waals surface area contributed by atoms with E-state index in [0.717, 1.165) is 32.5 Å². The van der Waals surface area contributed by atoms with E-state index in [0.29, 0.717) is 12.0 Å². The molecule has 1 heterocycles. The van der Waals surface area contributed by atoms with Gasteiger partial charge in [0, 0.05) is 31.4 Å². The van der Waals surface area contributed by atoms with Crippen molar-refractivity contribution in [3.8, 4) is 0 Å². The lowest BCUT2D eigenvalue weighted by molar-refractivity contribution is 0.0456. The molecule has 15 heavy (non-hydrogen) atoms. The number of ether oxygens (including phenoxy) is 1. The Morgan fingerprint density at radius 2 is 1.93 bits per heavy atom. The second kappa shape index (κ2) is 5.83. The minimum atomic E-state index is 0.123. The summed E-state index contributed by atoms with van der Waals surface area (Å²) in [4.78, 5) is 0. The largest absolute Gasteiger partial charge is 0.396 e. The molecule has 0 aliphatic carbocycles. The van der Waals surface area contributed by atoms with Crippen molar-refractivity contribution < 1.29 is 9.84 Å². The van der Waals surface area contributed by atoms with Crippen molar-refractivity contribution in [1.82, 2.24) is 5.32 Å². The minimum Gasteiger partial charge on any atom is -0.396 e. The average Bonchev–Trinajstić information content (AvgIpc) is 2.17. The fourth-order valence-electron chi connectivity index (χ4n) is 2.24. The maximum absolute atomic E-state index is 9.09. The fourth-order valence-corrected chi connectivity index (χ4v) is 2.24. The molecule has 0 saturated carbocycles. The van der Waals surface area contributed by atoms with E-state index in [1.807, 2.05) is 0 Å². The summed E-state index contributed by atoms with van der Waals surface area (Å²) in [5.41, 5.74) is 0.123. The first-order valence-electron chi connectivity index (χ1n) is 5.99. The number of aliphatic hydroxyl groups excluding tert-OH is 1. The predicted octanol–water partition coefficient (Wildman–Crippen LogP) is 1.55. The summed E-state index contributed by atoms with van der Waals surface area (Å²) in [7, 11) is 0. The average molecular weight is 215 g/mol. The van der Waals surface area contributed by atoms with Crippen molar-refractivity contribution in [1.29, 1.82) is 0 Å². The smallest absolute Gasteiger partial charge is 0.0469 e. The van der Waals surface area contributed by atoms with Crippen molar-refractivity contribution in [3.05, 3.63) is 0 Å². The van der Waals surface area contributed by atoms with Crippen molar-refractivity contribution in [3.63, 3.8) is 0 Å². The van der Waals surface area contributed by atoms with E-state index in [1.165, 1.54) is 0 Å². The van der Waals surface area contributed by atoms with Crippen LogP contribution in [-0.4, -0.2) is 36.5 Å². The van der Waals surface area contributed by atoms with Crippen molar-refractivity contribution >= 4 is 0 Å². The lowest BCUT2D eigenvalue weighted by Gasteiger charge is -2.35. The molecule has 1 unspecified atom stereocenters. The summed E-state index contributed by atoms with van der Waals surface area (Å²) < 4.78 is 5.37. The summed E-state index contributed by atoms with van der Waals surface area (Å²) in [5, 5.41) is 12.7. The van der Waals surface area contributed by atoms with Crippen LogP contribution < -0.4 is 5.32 Å². The van der Waals surface area contributed by atoms with E-state index in [1.54, 1.807) is 0 Å². The van der Waals surface area contributed by atoms with Gasteiger partial charge in [-0.15, -0.1) is 0 Å². The highest BCUT2D eigenvalue weighted by Crippen LogP contribution is 2.22. The molecule has 1 rings (SSSR count). The fraction of sp³-hybridized carbons (Fsp3) is 1.00. The van der Waals surface area contributed by atoms with E-state index in [-0.39, 0.29) is 12.1 Å². The lowest BCUT2D eigenvalue weighted by Crippen LogP contribution is -2.48. The Labute approximate surface area is 93.2 Å². The molecule has 0 aromatic heterocycles. The topological polar surface area (TPSA) is 41.5 Å². The van der Waals surface area contributed by atoms with Gasteiger partial charge in [0.25, 0.3) is 0 Å². The lowest BCUT2D eigenvalue weighted by atomic mass is 9.88. The van der Waals surface area contributed by atoms with Gasteiger partial charge >= 0.3 is 0 Å². The zero-order valence-corrected chi connectivity index (χ0v) is 10.3. The van der Waals surface area contributed by atoms with Crippen molar-refractivity contribution in [2.45, 2.75) is 51.6 Å². The van der Waals surface area contributed by atoms with Gasteiger partial charge in [-0.3, -0.25) is 0 Å². The van der Waals surface area contributed by atoms with Crippen LogP contribution in [-0.2, 0) is 4.74 Å². The zero-order chi connectivity index (χ0) is 11.3. The Hall–Kier alpha value is -0.120. The van der Waals surface area contributed by atoms with Crippen LogP contribution >= 0.6 is 0 Å². The number of hydrogen-bond donors (Lipinski definition) is 2. The maximum Gasteiger partial charge on any atom is 0.0469 e. The second-order valence-electron chi connectivity index (χ2n) is 5.46. The van der Waals surface area contributed by atoms with Gasteiger partial charge in [0.05, 0.1) is 0 Å². The molecule has 0 amide bonds. The highest BCUT2D eigenvalue weighted by Gasteiger charge is 2.26. The van der Waals surface area contributed by atoms with E-state index in [2.05, 4.69) is 26.1 Å². The first-order chi connectivity index (χ1) is 7.03. The first kappa shape index (κ1) is 12.9. The Bertz CT molecular complexity index is 171. The van der Waals surface area contributed by atoms with Crippen LogP contribution in [0.25, 0.3) is 0 Å². The van der Waals surface area contributed by atoms with E-state index in [9.17, 15) is 0 Å². The summed E-state index contributed by atoms with van der Waals surface area (Å²) in [6.45, 7) is 8.55. The van der Waals surface area contributed by atoms with Gasteiger partial charge in [0.1, 0.15) is 0 Å². The monoisotopic (exact) mass is 215 g/mol. The third kappa shape index (κ3) is 4.96. The van der Waals surface area contributed by atoms with Crippen LogP contribution in [0.4, 0.5) is 0 Å². The maximum atomic E-state index is 9.09. The number of nitrogens with one attached hydrogen (secondary N) is 1. The van der Waals surface area contributed by atoms with E-state index >= 15 is 0 Å². The third-order valence-corrected chi connectivity index (χ3v) is 2.89. The first-order valence-corrected chi connectivity index (χ1v) is 5.99. The standard InChI is InChI=1S/C12H25NO2/c1-12(2,3)13-11(4-7-14)10-5-8-15-9-6-10/h10-11,13-14H,4-9H2,1-3H3. The van der Waals surface area contributed by atoms with Gasteiger partial charge in [-0.25, -0.2) is 0 Å². The van der Waals surface area contributed by atoms with Crippen LogP contribution in [0.3, 0.4) is 0 Å². The molecule has 3 nitrogen and oxygen atoms in total. The predicted molar refractivity (Wildman–Crippen MR) is 61.9 cm³/mol. The number of aliphatic hydroxyl groups is 1. The Morgan fingerprint density at radius 1 is 1.33 bits per heavy atom. The molecular weight excluding hydrogens is 190 g/mol. The quantitative estimate of drug-likeness (QED) is 0.747. The highest BCUT2D eigenvalue weighted by atomic mass is 16.5. The summed E-state index contributed by atoms with van der Waals surface area (Å²) in [5.74, 6) is 0.658. The normalized spacial score (nSPS) is 21.6. The van der Waals surface area contributed by atoms with Gasteiger partial charge in [-0.2, -0.15) is 0 Å². The Balaban J connectivity index is 2.47. The minimum absolute atomic E-state index is 0.123. The molecule has 0 aromatic rings. The van der Waals surface area contributed by atoms with Crippen molar-refractivity contribution in [2.24, 2.45) is 5.92 Å². The molecule has 1 aliphatic heterocycles. The van der Waals surface area contributed by atoms with Gasteiger partial charge in [0.15, 0.2) is 0 Å². The number of hydrogen-bond acceptors (Lipinski definition) is 3. The van der Waals surface area contributed by atoms with E-state index in [4.69, 9.17) is 9.84 Å². The molecule has 90 valence electrons. The van der Waals surface area contributed by atoms with Crippen LogP contribution in [0.1, 0.15) is 40.0 Å². The summed E-state index contributed by atoms with van der Waals surface area (Å²) in [6, 6.07) is 0.430. The molecule has 0 aromatic carbocycles. The second-order valence-corrected chi connectivity index (χ2v) is 5.46. The number of rotatable bonds is 4. The SMILES string of the molecule is CC(C)(C)NC(CCO)C1CCOCC1. The van der Waals surface area contributed by atoms with Crippen LogP contribution in [0.5, 0.6) is 0 Å².